The summed E-state index contributed by atoms with van der Waals surface area (Å²) >= 11 is 1.23. The Kier molecular flexibility index (Phi) is 5.05. The van der Waals surface area contributed by atoms with Crippen molar-refractivity contribution >= 4 is 29.0 Å². The summed E-state index contributed by atoms with van der Waals surface area (Å²) in [6.45, 7) is 0. The molecule has 0 saturated carbocycles. The van der Waals surface area contributed by atoms with Crippen LogP contribution < -0.4 is 15.8 Å². The summed E-state index contributed by atoms with van der Waals surface area (Å²) in [5, 5.41) is 2.75. The Bertz CT molecular complexity index is 612. The van der Waals surface area contributed by atoms with Crippen LogP contribution in [-0.4, -0.2) is 18.8 Å². The third-order valence-electron chi connectivity index (χ3n) is 2.64. The van der Waals surface area contributed by atoms with Gasteiger partial charge in [0.25, 0.3) is 0 Å². The molecule has 110 valence electrons. The van der Waals surface area contributed by atoms with Crippen molar-refractivity contribution in [2.75, 3.05) is 23.9 Å². The number of rotatable bonds is 5. The van der Waals surface area contributed by atoms with E-state index in [1.807, 2.05) is 0 Å². The zero-order valence-electron chi connectivity index (χ0n) is 11.4. The topological polar surface area (TPSA) is 64.3 Å². The summed E-state index contributed by atoms with van der Waals surface area (Å²) in [7, 11) is 1.58. The lowest BCUT2D eigenvalue weighted by Crippen LogP contribution is -2.13. The highest BCUT2D eigenvalue weighted by Gasteiger charge is 2.05. The minimum atomic E-state index is -0.409. The minimum Gasteiger partial charge on any atom is -0.497 e. The number of hydrogen-bond donors (Lipinski definition) is 2. The van der Waals surface area contributed by atoms with E-state index in [4.69, 9.17) is 10.5 Å². The number of thioether (sulfide) groups is 1. The van der Waals surface area contributed by atoms with Crippen LogP contribution in [0.2, 0.25) is 0 Å². The van der Waals surface area contributed by atoms with E-state index in [1.165, 1.54) is 23.9 Å². The maximum Gasteiger partial charge on any atom is 0.234 e. The van der Waals surface area contributed by atoms with Gasteiger partial charge in [-0.15, -0.1) is 11.8 Å². The highest BCUT2D eigenvalue weighted by atomic mass is 32.2. The van der Waals surface area contributed by atoms with Crippen molar-refractivity contribution in [3.8, 4) is 5.75 Å². The lowest BCUT2D eigenvalue weighted by Gasteiger charge is -2.07. The molecule has 3 N–H and O–H groups in total. The zero-order chi connectivity index (χ0) is 15.2. The van der Waals surface area contributed by atoms with E-state index < -0.39 is 5.82 Å². The summed E-state index contributed by atoms with van der Waals surface area (Å²) in [4.78, 5) is 12.4. The molecule has 2 aromatic carbocycles. The van der Waals surface area contributed by atoms with Gasteiger partial charge in [-0.25, -0.2) is 4.39 Å². The van der Waals surface area contributed by atoms with E-state index in [9.17, 15) is 9.18 Å². The summed E-state index contributed by atoms with van der Waals surface area (Å²) in [6, 6.07) is 11.2. The molecule has 1 amide bonds. The number of nitrogens with one attached hydrogen (secondary N) is 1. The molecule has 0 spiro atoms. The lowest BCUT2D eigenvalue weighted by atomic mass is 10.3. The van der Waals surface area contributed by atoms with E-state index in [2.05, 4.69) is 5.32 Å². The molecule has 0 aliphatic heterocycles. The second-order valence-electron chi connectivity index (χ2n) is 4.29. The predicted octanol–water partition coefficient (Wildman–Crippen LogP) is 3.15. The fourth-order valence-electron chi connectivity index (χ4n) is 1.69. The molecule has 2 aromatic rings. The summed E-state index contributed by atoms with van der Waals surface area (Å²) in [5.74, 6) is 0.313. The number of halogens is 1. The Hall–Kier alpha value is -2.21. The largest absolute Gasteiger partial charge is 0.497 e. The quantitative estimate of drug-likeness (QED) is 0.658. The van der Waals surface area contributed by atoms with Crippen molar-refractivity contribution < 1.29 is 13.9 Å². The third-order valence-corrected chi connectivity index (χ3v) is 3.61. The van der Waals surface area contributed by atoms with Crippen LogP contribution >= 0.6 is 11.8 Å². The summed E-state index contributed by atoms with van der Waals surface area (Å²) in [5.41, 5.74) is 6.57. The molecule has 0 fully saturated rings. The molecule has 0 bridgehead atoms. The van der Waals surface area contributed by atoms with E-state index in [0.717, 1.165) is 5.75 Å². The Morgan fingerprint density at radius 3 is 2.62 bits per heavy atom. The van der Waals surface area contributed by atoms with Crippen LogP contribution in [0.3, 0.4) is 0 Å². The van der Waals surface area contributed by atoms with Gasteiger partial charge < -0.3 is 15.8 Å². The molecule has 4 nitrogen and oxygen atoms in total. The first-order chi connectivity index (χ1) is 10.1. The fourth-order valence-corrected chi connectivity index (χ4v) is 2.47. The number of anilines is 2. The smallest absolute Gasteiger partial charge is 0.234 e. The van der Waals surface area contributed by atoms with Gasteiger partial charge in [-0.2, -0.15) is 0 Å². The maximum atomic E-state index is 13.2. The average molecular weight is 306 g/mol. The molecule has 2 rings (SSSR count). The van der Waals surface area contributed by atoms with Gasteiger partial charge in [0.15, 0.2) is 0 Å². The Morgan fingerprint density at radius 2 is 2.00 bits per heavy atom. The molecule has 0 aromatic heterocycles. The molecule has 21 heavy (non-hydrogen) atoms. The predicted molar refractivity (Wildman–Crippen MR) is 83.2 cm³/mol. The van der Waals surface area contributed by atoms with Gasteiger partial charge in [0, 0.05) is 16.3 Å². The molecule has 0 heterocycles. The average Bonchev–Trinajstić information content (AvgIpc) is 2.45. The van der Waals surface area contributed by atoms with E-state index in [1.54, 1.807) is 37.4 Å². The van der Waals surface area contributed by atoms with Crippen molar-refractivity contribution in [2.24, 2.45) is 0 Å². The van der Waals surface area contributed by atoms with Gasteiger partial charge in [0.05, 0.1) is 12.9 Å². The van der Waals surface area contributed by atoms with Crippen molar-refractivity contribution in [3.63, 3.8) is 0 Å². The monoisotopic (exact) mass is 306 g/mol. The molecule has 6 heteroatoms. The number of carbonyl (C=O) groups excluding carboxylic acids is 1. The number of hydrogen-bond acceptors (Lipinski definition) is 4. The summed E-state index contributed by atoms with van der Waals surface area (Å²) < 4.78 is 18.2. The Morgan fingerprint density at radius 1 is 1.29 bits per heavy atom. The highest BCUT2D eigenvalue weighted by Crippen LogP contribution is 2.22. The first-order valence-corrected chi connectivity index (χ1v) is 7.18. The number of benzene rings is 2. The number of carbonyl (C=O) groups is 1. The lowest BCUT2D eigenvalue weighted by molar-refractivity contribution is -0.113. The SMILES string of the molecule is COc1ccc(NC(=O)CSc2cc(N)cc(F)c2)cc1. The third kappa shape index (κ3) is 4.68. The van der Waals surface area contributed by atoms with Gasteiger partial charge in [-0.1, -0.05) is 0 Å². The number of amides is 1. The standard InChI is InChI=1S/C15H15FN2O2S/c1-20-13-4-2-12(3-5-13)18-15(19)9-21-14-7-10(16)6-11(17)8-14/h2-8H,9,17H2,1H3,(H,18,19). The van der Waals surface area contributed by atoms with Crippen LogP contribution in [0, 0.1) is 5.82 Å². The second-order valence-corrected chi connectivity index (χ2v) is 5.33. The Balaban J connectivity index is 1.89. The van der Waals surface area contributed by atoms with Gasteiger partial charge in [0.2, 0.25) is 5.91 Å². The molecular weight excluding hydrogens is 291 g/mol. The van der Waals surface area contributed by atoms with Crippen LogP contribution in [0.15, 0.2) is 47.4 Å². The second kappa shape index (κ2) is 6.99. The molecular formula is C15H15FN2O2S. The van der Waals surface area contributed by atoms with Crippen molar-refractivity contribution in [2.45, 2.75) is 4.90 Å². The maximum absolute atomic E-state index is 13.2. The van der Waals surface area contributed by atoms with Crippen molar-refractivity contribution in [3.05, 3.63) is 48.3 Å². The van der Waals surface area contributed by atoms with Gasteiger partial charge in [0.1, 0.15) is 11.6 Å². The Labute approximate surface area is 126 Å². The molecule has 0 radical (unpaired) electrons. The normalized spacial score (nSPS) is 10.2. The van der Waals surface area contributed by atoms with Gasteiger partial charge in [-0.3, -0.25) is 4.79 Å². The van der Waals surface area contributed by atoms with Crippen LogP contribution in [0.25, 0.3) is 0 Å². The molecule has 0 unspecified atom stereocenters. The van der Waals surface area contributed by atoms with Crippen LogP contribution in [0.4, 0.5) is 15.8 Å². The number of nitrogen functional groups attached to an aromatic ring is 1. The van der Waals surface area contributed by atoms with Crippen molar-refractivity contribution in [1.82, 2.24) is 0 Å². The van der Waals surface area contributed by atoms with Crippen molar-refractivity contribution in [1.29, 1.82) is 0 Å². The zero-order valence-corrected chi connectivity index (χ0v) is 12.2. The van der Waals surface area contributed by atoms with E-state index >= 15 is 0 Å². The minimum absolute atomic E-state index is 0.173. The first kappa shape index (κ1) is 15.2. The van der Waals surface area contributed by atoms with E-state index in [-0.39, 0.29) is 11.7 Å². The van der Waals surface area contributed by atoms with Gasteiger partial charge >= 0.3 is 0 Å². The number of methoxy groups -OCH3 is 1. The number of ether oxygens (including phenoxy) is 1. The number of nitrogens with two attached hydrogens (primary N) is 1. The molecule has 0 atom stereocenters. The van der Waals surface area contributed by atoms with Crippen LogP contribution in [-0.2, 0) is 4.79 Å². The van der Waals surface area contributed by atoms with E-state index in [0.29, 0.717) is 16.3 Å². The fraction of sp³-hybridized carbons (Fsp3) is 0.133. The van der Waals surface area contributed by atoms with Crippen LogP contribution in [0.1, 0.15) is 0 Å². The summed E-state index contributed by atoms with van der Waals surface area (Å²) in [6.07, 6.45) is 0. The van der Waals surface area contributed by atoms with Gasteiger partial charge in [-0.05, 0) is 42.5 Å². The van der Waals surface area contributed by atoms with Crippen LogP contribution in [0.5, 0.6) is 5.75 Å². The molecule has 0 aliphatic rings. The molecule has 0 aliphatic carbocycles. The molecule has 0 saturated heterocycles. The first-order valence-electron chi connectivity index (χ1n) is 6.19. The highest BCUT2D eigenvalue weighted by molar-refractivity contribution is 8.00.